The molecule has 2 N–H and O–H groups in total. The topological polar surface area (TPSA) is 92.5 Å². The highest BCUT2D eigenvalue weighted by atomic mass is 35.5. The number of nitrogens with zero attached hydrogens (tertiary/aromatic N) is 4. The van der Waals surface area contributed by atoms with E-state index in [2.05, 4.69) is 25.7 Å². The molecule has 1 heterocycles. The maximum Gasteiger partial charge on any atom is 0.263 e. The van der Waals surface area contributed by atoms with Gasteiger partial charge in [-0.25, -0.2) is 10.4 Å². The van der Waals surface area contributed by atoms with Gasteiger partial charge in [-0.2, -0.15) is 10.2 Å². The molecule has 0 saturated heterocycles. The maximum atomic E-state index is 9.74. The molecule has 0 amide bonds. The molecule has 0 spiro atoms. The van der Waals surface area contributed by atoms with Gasteiger partial charge in [-0.05, 0) is 42.5 Å². The predicted octanol–water partition coefficient (Wildman–Crippen LogP) is 3.35. The molecule has 3 rings (SSSR count). The second-order valence-corrected chi connectivity index (χ2v) is 5.40. The third-order valence-electron chi connectivity index (χ3n) is 3.30. The minimum atomic E-state index is 0.0703. The molecule has 0 radical (unpaired) electrons. The molecular weight excluding hydrogens is 342 g/mol. The van der Waals surface area contributed by atoms with Crippen molar-refractivity contribution in [3.63, 3.8) is 0 Å². The molecule has 0 aliphatic carbocycles. The van der Waals surface area contributed by atoms with E-state index in [-0.39, 0.29) is 11.7 Å². The number of benzene rings is 2. The van der Waals surface area contributed by atoms with E-state index in [1.807, 2.05) is 24.3 Å². The maximum absolute atomic E-state index is 9.74. The van der Waals surface area contributed by atoms with Gasteiger partial charge in [0.2, 0.25) is 0 Å². The summed E-state index contributed by atoms with van der Waals surface area (Å²) in [6, 6.07) is 12.1. The van der Waals surface area contributed by atoms with Crippen molar-refractivity contribution in [2.24, 2.45) is 5.10 Å². The van der Waals surface area contributed by atoms with E-state index < -0.39 is 0 Å². The van der Waals surface area contributed by atoms with E-state index in [9.17, 15) is 5.11 Å². The first-order valence-electron chi connectivity index (χ1n) is 7.27. The lowest BCUT2D eigenvalue weighted by Gasteiger charge is -2.04. The van der Waals surface area contributed by atoms with Gasteiger partial charge in [0.15, 0.2) is 0 Å². The number of hydrogen-bond donors (Lipinski definition) is 2. The summed E-state index contributed by atoms with van der Waals surface area (Å²) >= 11 is 5.89. The number of anilines is 1. The third kappa shape index (κ3) is 4.21. The SMILES string of the molecule is COc1ccc(-c2cnnc(N/N=C\c3cc(Cl)ccc3O)n2)cc1. The largest absolute Gasteiger partial charge is 0.507 e. The summed E-state index contributed by atoms with van der Waals surface area (Å²) in [7, 11) is 1.61. The Labute approximate surface area is 149 Å². The summed E-state index contributed by atoms with van der Waals surface area (Å²) in [5.41, 5.74) is 4.66. The molecule has 126 valence electrons. The van der Waals surface area contributed by atoms with Gasteiger partial charge in [0.25, 0.3) is 5.95 Å². The molecule has 0 aliphatic rings. The third-order valence-corrected chi connectivity index (χ3v) is 3.54. The number of aromatic hydroxyl groups is 1. The van der Waals surface area contributed by atoms with Gasteiger partial charge in [-0.3, -0.25) is 0 Å². The van der Waals surface area contributed by atoms with Crippen molar-refractivity contribution < 1.29 is 9.84 Å². The smallest absolute Gasteiger partial charge is 0.263 e. The fourth-order valence-corrected chi connectivity index (χ4v) is 2.22. The van der Waals surface area contributed by atoms with Crippen LogP contribution in [-0.4, -0.2) is 33.6 Å². The first-order chi connectivity index (χ1) is 12.2. The van der Waals surface area contributed by atoms with Crippen LogP contribution in [0.5, 0.6) is 11.5 Å². The van der Waals surface area contributed by atoms with Crippen molar-refractivity contribution in [1.29, 1.82) is 0 Å². The lowest BCUT2D eigenvalue weighted by atomic mass is 10.1. The molecule has 2 aromatic carbocycles. The Balaban J connectivity index is 1.75. The molecule has 0 saturated carbocycles. The number of nitrogens with one attached hydrogen (secondary N) is 1. The molecule has 25 heavy (non-hydrogen) atoms. The number of phenolic OH excluding ortho intramolecular Hbond substituents is 1. The van der Waals surface area contributed by atoms with E-state index in [1.54, 1.807) is 25.4 Å². The van der Waals surface area contributed by atoms with E-state index >= 15 is 0 Å². The van der Waals surface area contributed by atoms with Gasteiger partial charge in [-0.15, -0.1) is 5.10 Å². The summed E-state index contributed by atoms with van der Waals surface area (Å²) in [5, 5.41) is 22.0. The molecule has 0 bridgehead atoms. The number of methoxy groups -OCH3 is 1. The van der Waals surface area contributed by atoms with Gasteiger partial charge in [0, 0.05) is 16.1 Å². The van der Waals surface area contributed by atoms with Gasteiger partial charge < -0.3 is 9.84 Å². The van der Waals surface area contributed by atoms with Crippen molar-refractivity contribution in [2.45, 2.75) is 0 Å². The molecule has 0 aliphatic heterocycles. The molecule has 8 heteroatoms. The highest BCUT2D eigenvalue weighted by Crippen LogP contribution is 2.21. The number of hydrogen-bond acceptors (Lipinski definition) is 7. The van der Waals surface area contributed by atoms with Crippen LogP contribution in [0.25, 0.3) is 11.3 Å². The van der Waals surface area contributed by atoms with Gasteiger partial charge in [0.05, 0.1) is 25.2 Å². The standard InChI is InChI=1S/C17H14ClN5O2/c1-25-14-5-2-11(3-6-14)15-10-20-23-17(21-15)22-19-9-12-8-13(18)4-7-16(12)24/h2-10,24H,1H3,(H,21,22,23)/b19-9-. The summed E-state index contributed by atoms with van der Waals surface area (Å²) in [5.74, 6) is 1.06. The van der Waals surface area contributed by atoms with Crippen molar-refractivity contribution in [3.8, 4) is 22.8 Å². The minimum Gasteiger partial charge on any atom is -0.507 e. The van der Waals surface area contributed by atoms with Crippen LogP contribution in [0.2, 0.25) is 5.02 Å². The summed E-state index contributed by atoms with van der Waals surface area (Å²) in [6.45, 7) is 0. The number of phenols is 1. The number of hydrazone groups is 1. The van der Waals surface area contributed by atoms with Crippen LogP contribution in [0.15, 0.2) is 53.8 Å². The van der Waals surface area contributed by atoms with Crippen molar-refractivity contribution in [2.75, 3.05) is 12.5 Å². The average Bonchev–Trinajstić information content (AvgIpc) is 2.65. The van der Waals surface area contributed by atoms with Crippen molar-refractivity contribution in [1.82, 2.24) is 15.2 Å². The normalized spacial score (nSPS) is 10.8. The summed E-state index contributed by atoms with van der Waals surface area (Å²) in [4.78, 5) is 4.34. The lowest BCUT2D eigenvalue weighted by molar-refractivity contribution is 0.415. The quantitative estimate of drug-likeness (QED) is 0.538. The van der Waals surface area contributed by atoms with Gasteiger partial charge in [0.1, 0.15) is 11.5 Å². The molecule has 3 aromatic rings. The zero-order chi connectivity index (χ0) is 17.6. The van der Waals surface area contributed by atoms with Crippen molar-refractivity contribution in [3.05, 3.63) is 59.2 Å². The summed E-state index contributed by atoms with van der Waals surface area (Å²) < 4.78 is 5.13. The van der Waals surface area contributed by atoms with Crippen LogP contribution in [0.4, 0.5) is 5.95 Å². The fraction of sp³-hybridized carbons (Fsp3) is 0.0588. The van der Waals surface area contributed by atoms with Gasteiger partial charge in [-0.1, -0.05) is 11.6 Å². The molecule has 0 unspecified atom stereocenters. The molecule has 7 nitrogen and oxygen atoms in total. The van der Waals surface area contributed by atoms with Crippen molar-refractivity contribution >= 4 is 23.8 Å². The highest BCUT2D eigenvalue weighted by Gasteiger charge is 2.04. The number of aromatic nitrogens is 3. The Bertz CT molecular complexity index is 900. The average molecular weight is 356 g/mol. The van der Waals surface area contributed by atoms with Crippen LogP contribution in [0.1, 0.15) is 5.56 Å². The second-order valence-electron chi connectivity index (χ2n) is 4.97. The second kappa shape index (κ2) is 7.59. The molecular formula is C17H14ClN5O2. The summed E-state index contributed by atoms with van der Waals surface area (Å²) in [6.07, 6.45) is 2.98. The molecule has 1 aromatic heterocycles. The van der Waals surface area contributed by atoms with E-state index in [4.69, 9.17) is 16.3 Å². The first-order valence-corrected chi connectivity index (χ1v) is 7.65. The van der Waals surface area contributed by atoms with E-state index in [0.717, 1.165) is 11.3 Å². The zero-order valence-electron chi connectivity index (χ0n) is 13.2. The van der Waals surface area contributed by atoms with Crippen LogP contribution < -0.4 is 10.2 Å². The fourth-order valence-electron chi connectivity index (χ4n) is 2.04. The van der Waals surface area contributed by atoms with Gasteiger partial charge >= 0.3 is 0 Å². The zero-order valence-corrected chi connectivity index (χ0v) is 14.0. The number of ether oxygens (including phenoxy) is 1. The highest BCUT2D eigenvalue weighted by molar-refractivity contribution is 6.30. The number of rotatable bonds is 5. The Morgan fingerprint density at radius 3 is 2.76 bits per heavy atom. The Morgan fingerprint density at radius 2 is 2.00 bits per heavy atom. The van der Waals surface area contributed by atoms with Crippen LogP contribution in [0, 0.1) is 0 Å². The first kappa shape index (κ1) is 16.7. The predicted molar refractivity (Wildman–Crippen MR) is 96.1 cm³/mol. The Morgan fingerprint density at radius 1 is 1.20 bits per heavy atom. The van der Waals surface area contributed by atoms with Crippen LogP contribution in [-0.2, 0) is 0 Å². The number of halogens is 1. The Hall–Kier alpha value is -3.19. The lowest BCUT2D eigenvalue weighted by Crippen LogP contribution is -2.00. The monoisotopic (exact) mass is 355 g/mol. The molecule has 0 fully saturated rings. The Kier molecular flexibility index (Phi) is 5.06. The van der Waals surface area contributed by atoms with E-state index in [1.165, 1.54) is 12.3 Å². The van der Waals surface area contributed by atoms with E-state index in [0.29, 0.717) is 16.3 Å². The minimum absolute atomic E-state index is 0.0703. The van der Waals surface area contributed by atoms with Crippen LogP contribution >= 0.6 is 11.6 Å². The van der Waals surface area contributed by atoms with Crippen LogP contribution in [0.3, 0.4) is 0 Å². The molecule has 0 atom stereocenters.